The monoisotopic (exact) mass is 685 g/mol. The molecule has 0 bridgehead atoms. The van der Waals surface area contributed by atoms with Gasteiger partial charge in [-0.1, -0.05) is 55.0 Å². The van der Waals surface area contributed by atoms with E-state index in [0.717, 1.165) is 84.9 Å². The molecule has 0 atom stereocenters. The third kappa shape index (κ3) is 20.5. The van der Waals surface area contributed by atoms with Crippen LogP contribution in [0.2, 0.25) is 0 Å². The van der Waals surface area contributed by atoms with Crippen molar-refractivity contribution in [3.63, 3.8) is 0 Å². The highest BCUT2D eigenvalue weighted by Crippen LogP contribution is 2.17. The SMILES string of the molecule is C=C[Si](ON=C(C)CC)(ON=C(C)CC)ON=C(C)CC.CCC(C)=NO[Si](ON=C(C)CC)(ON=C(C)CC)ON=C(C)CC. The van der Waals surface area contributed by atoms with Crippen molar-refractivity contribution in [1.29, 1.82) is 0 Å². The summed E-state index contributed by atoms with van der Waals surface area (Å²) in [5.41, 5.74) is 6.99. The molecule has 0 aromatic heterocycles. The van der Waals surface area contributed by atoms with E-state index in [4.69, 9.17) is 31.7 Å². The van der Waals surface area contributed by atoms with E-state index in [1.807, 2.05) is 96.9 Å². The molecule has 0 aliphatic rings. The van der Waals surface area contributed by atoms with Gasteiger partial charge < -0.3 is 31.7 Å². The minimum absolute atomic E-state index is 0.718. The van der Waals surface area contributed by atoms with Gasteiger partial charge in [0.25, 0.3) is 0 Å². The second-order valence-electron chi connectivity index (χ2n) is 10.2. The number of hydrogen-bond acceptors (Lipinski definition) is 14. The fourth-order valence-electron chi connectivity index (χ4n) is 1.67. The fraction of sp³-hybridized carbons (Fsp3) is 0.700. The normalized spacial score (nSPS) is 16.3. The quantitative estimate of drug-likeness (QED) is 0.0628. The topological polar surface area (TPSA) is 151 Å². The zero-order valence-electron chi connectivity index (χ0n) is 30.7. The minimum Gasteiger partial charge on any atom is -0.370 e. The van der Waals surface area contributed by atoms with Gasteiger partial charge in [-0.05, 0) is 93.4 Å². The molecule has 0 saturated heterocycles. The lowest BCUT2D eigenvalue weighted by molar-refractivity contribution is -0.0319. The van der Waals surface area contributed by atoms with E-state index >= 15 is 0 Å². The second kappa shape index (κ2) is 25.6. The van der Waals surface area contributed by atoms with E-state index in [2.05, 4.69) is 42.7 Å². The molecule has 0 amide bonds. The van der Waals surface area contributed by atoms with E-state index in [1.165, 1.54) is 5.70 Å². The standard InChI is InChI=1S/C16H32N4O4Si.C14H27N3O3Si/c1-9-13(5)17-21-25(22-18-14(6)10-2,23-19-15(7)11-3)24-20-16(8)12-4;1-8-12(5)15-18-21(11-4,19-16-13(6)9-2)20-17-14(7)10-3/h9-12H2,1-8H3;11H,4,8-10H2,1-3,5-7H3. The van der Waals surface area contributed by atoms with Gasteiger partial charge in [-0.3, -0.25) is 0 Å². The summed E-state index contributed by atoms with van der Waals surface area (Å²) in [5, 5.41) is 28.1. The van der Waals surface area contributed by atoms with Crippen LogP contribution in [-0.2, 0) is 31.7 Å². The third-order valence-corrected chi connectivity index (χ3v) is 8.87. The molecule has 0 aromatic carbocycles. The Bertz CT molecular complexity index is 959. The highest BCUT2D eigenvalue weighted by atomic mass is 28.4. The van der Waals surface area contributed by atoms with Crippen molar-refractivity contribution in [3.8, 4) is 0 Å². The summed E-state index contributed by atoms with van der Waals surface area (Å²) in [6.45, 7) is 30.5. The van der Waals surface area contributed by atoms with Crippen molar-refractivity contribution < 1.29 is 31.7 Å². The molecule has 14 nitrogen and oxygen atoms in total. The van der Waals surface area contributed by atoms with Gasteiger partial charge in [-0.2, -0.15) is 0 Å². The molecule has 0 fully saturated rings. The number of hydrogen-bond donors (Lipinski definition) is 0. The van der Waals surface area contributed by atoms with Gasteiger partial charge in [0.05, 0.1) is 40.0 Å². The van der Waals surface area contributed by atoms with Crippen LogP contribution in [0, 0.1) is 0 Å². The molecule has 0 aliphatic heterocycles. The van der Waals surface area contributed by atoms with Gasteiger partial charge in [0.2, 0.25) is 0 Å². The molecule has 46 heavy (non-hydrogen) atoms. The molecule has 0 spiro atoms. The summed E-state index contributed by atoms with van der Waals surface area (Å²) >= 11 is 0. The molecule has 0 saturated carbocycles. The summed E-state index contributed by atoms with van der Waals surface area (Å²) in [5.74, 6) is 0. The van der Waals surface area contributed by atoms with Crippen molar-refractivity contribution in [2.45, 2.75) is 142 Å². The third-order valence-electron chi connectivity index (χ3n) is 6.07. The molecular weight excluding hydrogens is 627 g/mol. The van der Waals surface area contributed by atoms with E-state index in [0.29, 0.717) is 0 Å². The maximum Gasteiger partial charge on any atom is 1.05 e. The van der Waals surface area contributed by atoms with Crippen LogP contribution in [-0.4, -0.2) is 57.8 Å². The van der Waals surface area contributed by atoms with Crippen LogP contribution in [0.15, 0.2) is 48.4 Å². The first-order valence-electron chi connectivity index (χ1n) is 15.9. The van der Waals surface area contributed by atoms with Gasteiger partial charge in [-0.25, -0.2) is 0 Å². The lowest BCUT2D eigenvalue weighted by Gasteiger charge is -2.19. The highest BCUT2D eigenvalue weighted by Gasteiger charge is 2.63. The van der Waals surface area contributed by atoms with Crippen LogP contribution in [0.5, 0.6) is 0 Å². The van der Waals surface area contributed by atoms with Gasteiger partial charge in [-0.15, -0.1) is 36.1 Å². The summed E-state index contributed by atoms with van der Waals surface area (Å²) < 4.78 is 38.4. The van der Waals surface area contributed by atoms with Gasteiger partial charge in [0.1, 0.15) is 0 Å². The number of nitrogens with zero attached hydrogens (tertiary/aromatic N) is 7. The molecule has 16 heteroatoms. The summed E-state index contributed by atoms with van der Waals surface area (Å²) in [4.78, 5) is 0. The minimum atomic E-state index is -3.86. The maximum atomic E-state index is 5.51. The van der Waals surface area contributed by atoms with E-state index < -0.39 is 17.9 Å². The van der Waals surface area contributed by atoms with E-state index in [-0.39, 0.29) is 0 Å². The van der Waals surface area contributed by atoms with Crippen molar-refractivity contribution in [1.82, 2.24) is 0 Å². The molecule has 0 aromatic rings. The van der Waals surface area contributed by atoms with Crippen LogP contribution in [0.1, 0.15) is 142 Å². The lowest BCUT2D eigenvalue weighted by atomic mass is 10.3. The zero-order chi connectivity index (χ0) is 35.6. The van der Waals surface area contributed by atoms with Gasteiger partial charge in [0.15, 0.2) is 0 Å². The van der Waals surface area contributed by atoms with Gasteiger partial charge in [0, 0.05) is 5.70 Å². The van der Waals surface area contributed by atoms with Crippen LogP contribution in [0.3, 0.4) is 0 Å². The van der Waals surface area contributed by atoms with Crippen LogP contribution < -0.4 is 0 Å². The summed E-state index contributed by atoms with van der Waals surface area (Å²) in [6, 6.07) is 0. The second-order valence-corrected chi connectivity index (χ2v) is 14.1. The zero-order valence-corrected chi connectivity index (χ0v) is 32.7. The Morgan fingerprint density at radius 1 is 0.391 bits per heavy atom. The van der Waals surface area contributed by atoms with Crippen molar-refractivity contribution >= 4 is 57.8 Å². The molecule has 264 valence electrons. The fourth-order valence-corrected chi connectivity index (χ4v) is 4.12. The Morgan fingerprint density at radius 3 is 0.717 bits per heavy atom. The van der Waals surface area contributed by atoms with E-state index in [9.17, 15) is 0 Å². The summed E-state index contributed by atoms with van der Waals surface area (Å²) in [7, 11) is -7.17. The molecule has 0 rings (SSSR count). The first-order valence-corrected chi connectivity index (χ1v) is 19.3. The average molecular weight is 686 g/mol. The molecule has 0 radical (unpaired) electrons. The smallest absolute Gasteiger partial charge is 0.370 e. The predicted octanol–water partition coefficient (Wildman–Crippen LogP) is 8.69. The van der Waals surface area contributed by atoms with Crippen molar-refractivity contribution in [2.24, 2.45) is 36.1 Å². The Labute approximate surface area is 279 Å². The van der Waals surface area contributed by atoms with Crippen molar-refractivity contribution in [2.75, 3.05) is 0 Å². The van der Waals surface area contributed by atoms with Crippen LogP contribution in [0.25, 0.3) is 0 Å². The average Bonchev–Trinajstić information content (AvgIpc) is 3.09. The Hall–Kier alpha value is -3.54. The molecule has 0 aliphatic carbocycles. The van der Waals surface area contributed by atoms with Crippen molar-refractivity contribution in [3.05, 3.63) is 12.3 Å². The lowest BCUT2D eigenvalue weighted by Crippen LogP contribution is -2.45. The van der Waals surface area contributed by atoms with Crippen LogP contribution in [0.4, 0.5) is 0 Å². The Kier molecular flexibility index (Phi) is 24.8. The molecule has 0 heterocycles. The first-order chi connectivity index (χ1) is 21.7. The Balaban J connectivity index is 0. The number of rotatable bonds is 22. The van der Waals surface area contributed by atoms with Gasteiger partial charge >= 0.3 is 17.9 Å². The molecule has 0 unspecified atom stereocenters. The summed E-state index contributed by atoms with van der Waals surface area (Å²) in [6.07, 6.45) is 5.20. The molecule has 0 N–H and O–H groups in total. The largest absolute Gasteiger partial charge is 1.05 e. The predicted molar refractivity (Wildman–Crippen MR) is 193 cm³/mol. The maximum absolute atomic E-state index is 5.51. The number of oxime groups is 7. The van der Waals surface area contributed by atoms with E-state index in [1.54, 1.807) is 0 Å². The first kappa shape index (κ1) is 44.6. The Morgan fingerprint density at radius 2 is 0.565 bits per heavy atom. The molecular formula is C30H59N7O7Si2. The highest BCUT2D eigenvalue weighted by molar-refractivity contribution is 6.66. The van der Waals surface area contributed by atoms with Crippen LogP contribution >= 0.6 is 0 Å².